The Hall–Kier alpha value is -1.43. The van der Waals surface area contributed by atoms with Gasteiger partial charge in [-0.25, -0.2) is 4.98 Å². The van der Waals surface area contributed by atoms with Gasteiger partial charge in [0, 0.05) is 11.4 Å². The number of hydrogen-bond donors (Lipinski definition) is 1. The van der Waals surface area contributed by atoms with E-state index in [1.165, 1.54) is 11.3 Å². The van der Waals surface area contributed by atoms with Crippen LogP contribution in [-0.4, -0.2) is 34.3 Å². The molecule has 0 radical (unpaired) electrons. The summed E-state index contributed by atoms with van der Waals surface area (Å²) in [6, 6.07) is 0.136. The topological polar surface area (TPSA) is 76.3 Å². The predicted octanol–water partition coefficient (Wildman–Crippen LogP) is 1.01. The molecule has 0 aromatic carbocycles. The lowest BCUT2D eigenvalue weighted by molar-refractivity contribution is -0.119. The normalized spacial score (nSPS) is 16.0. The van der Waals surface area contributed by atoms with Gasteiger partial charge in [-0.15, -0.1) is 11.3 Å². The second kappa shape index (κ2) is 5.27. The van der Waals surface area contributed by atoms with Crippen molar-refractivity contribution in [2.24, 2.45) is 5.73 Å². The third kappa shape index (κ3) is 2.82. The largest absolute Gasteiger partial charge is 0.368 e. The smallest absolute Gasteiger partial charge is 0.274 e. The molecule has 5 nitrogen and oxygen atoms in total. The minimum atomic E-state index is -0.472. The van der Waals surface area contributed by atoms with Gasteiger partial charge in [-0.3, -0.25) is 9.59 Å². The number of amides is 2. The summed E-state index contributed by atoms with van der Waals surface area (Å²) in [5, 5.41) is 1.70. The maximum Gasteiger partial charge on any atom is 0.274 e. The van der Waals surface area contributed by atoms with Crippen molar-refractivity contribution < 1.29 is 9.59 Å². The first-order valence-electron chi connectivity index (χ1n) is 5.66. The van der Waals surface area contributed by atoms with Crippen LogP contribution in [-0.2, 0) is 4.79 Å². The first kappa shape index (κ1) is 12.0. The van der Waals surface area contributed by atoms with E-state index < -0.39 is 5.91 Å². The number of carbonyl (C=O) groups is 2. The highest BCUT2D eigenvalue weighted by Crippen LogP contribution is 2.24. The van der Waals surface area contributed by atoms with Crippen LogP contribution < -0.4 is 5.73 Å². The number of hydrogen-bond acceptors (Lipinski definition) is 4. The second-order valence-corrected chi connectivity index (χ2v) is 4.93. The Morgan fingerprint density at radius 2 is 2.18 bits per heavy atom. The molecule has 2 N–H and O–H groups in total. The fourth-order valence-corrected chi connectivity index (χ4v) is 2.74. The molecule has 2 amide bonds. The van der Waals surface area contributed by atoms with Gasteiger partial charge in [-0.05, 0) is 12.8 Å². The lowest BCUT2D eigenvalue weighted by Gasteiger charge is -2.26. The van der Waals surface area contributed by atoms with E-state index in [9.17, 15) is 9.59 Å². The number of nitrogens with zero attached hydrogens (tertiary/aromatic N) is 2. The zero-order valence-electron chi connectivity index (χ0n) is 9.46. The maximum absolute atomic E-state index is 12.2. The van der Waals surface area contributed by atoms with E-state index in [0.717, 1.165) is 25.7 Å². The molecule has 0 atom stereocenters. The van der Waals surface area contributed by atoms with E-state index in [1.807, 2.05) is 0 Å². The highest BCUT2D eigenvalue weighted by molar-refractivity contribution is 7.07. The minimum absolute atomic E-state index is 0.0129. The molecule has 1 aliphatic carbocycles. The lowest BCUT2D eigenvalue weighted by Crippen LogP contribution is -2.44. The van der Waals surface area contributed by atoms with Crippen molar-refractivity contribution in [3.63, 3.8) is 0 Å². The number of primary amides is 1. The summed E-state index contributed by atoms with van der Waals surface area (Å²) < 4.78 is 0. The lowest BCUT2D eigenvalue weighted by atomic mass is 10.2. The van der Waals surface area contributed by atoms with Crippen LogP contribution in [0.5, 0.6) is 0 Å². The van der Waals surface area contributed by atoms with Crippen molar-refractivity contribution in [3.8, 4) is 0 Å². The standard InChI is InChI=1S/C11H15N3O2S/c12-10(15)5-14(8-3-1-2-4-8)11(16)9-6-17-7-13-9/h6-8H,1-5H2,(H2,12,15). The molecule has 17 heavy (non-hydrogen) atoms. The fourth-order valence-electron chi connectivity index (χ4n) is 2.22. The van der Waals surface area contributed by atoms with E-state index in [0.29, 0.717) is 5.69 Å². The zero-order chi connectivity index (χ0) is 12.3. The van der Waals surface area contributed by atoms with Crippen LogP contribution in [0, 0.1) is 0 Å². The second-order valence-electron chi connectivity index (χ2n) is 4.21. The number of thiazole rings is 1. The van der Waals surface area contributed by atoms with Crippen LogP contribution in [0.1, 0.15) is 36.2 Å². The Labute approximate surface area is 104 Å². The van der Waals surface area contributed by atoms with Gasteiger partial charge < -0.3 is 10.6 Å². The van der Waals surface area contributed by atoms with Gasteiger partial charge in [0.1, 0.15) is 5.69 Å². The summed E-state index contributed by atoms with van der Waals surface area (Å²) in [6.07, 6.45) is 4.10. The predicted molar refractivity (Wildman–Crippen MR) is 64.6 cm³/mol. The number of nitrogens with two attached hydrogens (primary N) is 1. The summed E-state index contributed by atoms with van der Waals surface area (Å²) in [4.78, 5) is 28.8. The number of aromatic nitrogens is 1. The Kier molecular flexibility index (Phi) is 3.73. The van der Waals surface area contributed by atoms with Gasteiger partial charge in [-0.1, -0.05) is 12.8 Å². The van der Waals surface area contributed by atoms with Crippen LogP contribution in [0.4, 0.5) is 0 Å². The van der Waals surface area contributed by atoms with Crippen LogP contribution in [0.3, 0.4) is 0 Å². The van der Waals surface area contributed by atoms with Crippen LogP contribution in [0.2, 0.25) is 0 Å². The summed E-state index contributed by atoms with van der Waals surface area (Å²) in [5.41, 5.74) is 7.22. The van der Waals surface area contributed by atoms with Crippen molar-refractivity contribution in [1.29, 1.82) is 0 Å². The third-order valence-corrected chi connectivity index (χ3v) is 3.59. The quantitative estimate of drug-likeness (QED) is 0.870. The molecule has 0 aliphatic heterocycles. The van der Waals surface area contributed by atoms with Crippen molar-refractivity contribution in [3.05, 3.63) is 16.6 Å². The Balaban J connectivity index is 2.14. The monoisotopic (exact) mass is 253 g/mol. The minimum Gasteiger partial charge on any atom is -0.368 e. The molecule has 1 fully saturated rings. The van der Waals surface area contributed by atoms with Gasteiger partial charge in [0.05, 0.1) is 12.1 Å². The van der Waals surface area contributed by atoms with Gasteiger partial charge in [-0.2, -0.15) is 0 Å². The summed E-state index contributed by atoms with van der Waals surface area (Å²) in [5.74, 6) is -0.655. The molecule has 0 unspecified atom stereocenters. The summed E-state index contributed by atoms with van der Waals surface area (Å²) >= 11 is 1.37. The number of carbonyl (C=O) groups excluding carboxylic acids is 2. The van der Waals surface area contributed by atoms with E-state index >= 15 is 0 Å². The molecule has 2 rings (SSSR count). The van der Waals surface area contributed by atoms with Crippen molar-refractivity contribution in [2.45, 2.75) is 31.7 Å². The Bertz CT molecular complexity index is 399. The molecule has 1 heterocycles. The third-order valence-electron chi connectivity index (χ3n) is 3.00. The van der Waals surface area contributed by atoms with E-state index in [-0.39, 0.29) is 18.5 Å². The van der Waals surface area contributed by atoms with Crippen LogP contribution in [0.25, 0.3) is 0 Å². The van der Waals surface area contributed by atoms with E-state index in [1.54, 1.807) is 15.8 Å². The van der Waals surface area contributed by atoms with Gasteiger partial charge in [0.15, 0.2) is 0 Å². The molecular formula is C11H15N3O2S. The molecule has 1 saturated carbocycles. The van der Waals surface area contributed by atoms with Crippen molar-refractivity contribution in [2.75, 3.05) is 6.54 Å². The van der Waals surface area contributed by atoms with Gasteiger partial charge in [0.2, 0.25) is 5.91 Å². The first-order chi connectivity index (χ1) is 8.18. The van der Waals surface area contributed by atoms with E-state index in [4.69, 9.17) is 5.73 Å². The van der Waals surface area contributed by atoms with Crippen LogP contribution >= 0.6 is 11.3 Å². The molecule has 0 spiro atoms. The highest BCUT2D eigenvalue weighted by atomic mass is 32.1. The maximum atomic E-state index is 12.2. The number of rotatable bonds is 4. The molecule has 1 aliphatic rings. The fraction of sp³-hybridized carbons (Fsp3) is 0.545. The van der Waals surface area contributed by atoms with Gasteiger partial charge in [0.25, 0.3) is 5.91 Å². The molecule has 1 aromatic rings. The first-order valence-corrected chi connectivity index (χ1v) is 6.60. The van der Waals surface area contributed by atoms with Crippen LogP contribution in [0.15, 0.2) is 10.9 Å². The van der Waals surface area contributed by atoms with Crippen molar-refractivity contribution >= 4 is 23.2 Å². The SMILES string of the molecule is NC(=O)CN(C(=O)c1cscn1)C1CCCC1. The zero-order valence-corrected chi connectivity index (χ0v) is 10.3. The molecule has 6 heteroatoms. The molecule has 0 saturated heterocycles. The Morgan fingerprint density at radius 3 is 2.71 bits per heavy atom. The molecule has 0 bridgehead atoms. The van der Waals surface area contributed by atoms with Gasteiger partial charge >= 0.3 is 0 Å². The highest BCUT2D eigenvalue weighted by Gasteiger charge is 2.29. The average molecular weight is 253 g/mol. The van der Waals surface area contributed by atoms with Crippen molar-refractivity contribution in [1.82, 2.24) is 9.88 Å². The summed E-state index contributed by atoms with van der Waals surface area (Å²) in [6.45, 7) is -0.0129. The molecular weight excluding hydrogens is 238 g/mol. The summed E-state index contributed by atoms with van der Waals surface area (Å²) in [7, 11) is 0. The molecule has 92 valence electrons. The molecule has 1 aromatic heterocycles. The van der Waals surface area contributed by atoms with E-state index in [2.05, 4.69) is 4.98 Å². The average Bonchev–Trinajstić information content (AvgIpc) is 2.96. The Morgan fingerprint density at radius 1 is 1.47 bits per heavy atom.